The van der Waals surface area contributed by atoms with Crippen molar-refractivity contribution < 1.29 is 43.7 Å². The van der Waals surface area contributed by atoms with E-state index in [1.54, 1.807) is 18.2 Å². The number of Topliss-reactive ketones (excluding diaryl/α,β-unsaturated/α-hetero) is 4. The standard InChI is InChI=1S/C31H34N4O9/c1-35(2)25-18-10-14-9-17-15(16-8-13(4-7-20(16)44-3)11-34-12-21(32)37)5-6-19(36)23(17)26(38)22(14)28(40)31(18,43)29(41)24(27(25)39)30(33)42/h4-8,14,18,22,24-25,34,36,43H,9-12H2,1-3H3,(H2,32,37)(H2,33,42)/t14-,18-,22?,24?,25-,31-/m0/s1. The van der Waals surface area contributed by atoms with Crippen LogP contribution < -0.4 is 21.5 Å². The number of primary amides is 2. The third kappa shape index (κ3) is 4.68. The van der Waals surface area contributed by atoms with Crippen molar-refractivity contribution in [1.82, 2.24) is 10.2 Å². The number of aromatic hydroxyl groups is 1. The van der Waals surface area contributed by atoms with Gasteiger partial charge >= 0.3 is 0 Å². The van der Waals surface area contributed by atoms with Crippen molar-refractivity contribution in [3.05, 3.63) is 47.0 Å². The molecule has 0 bridgehead atoms. The minimum absolute atomic E-state index is 0.0335. The number of nitrogens with one attached hydrogen (secondary N) is 1. The molecule has 7 N–H and O–H groups in total. The van der Waals surface area contributed by atoms with Crippen LogP contribution in [0.25, 0.3) is 11.1 Å². The summed E-state index contributed by atoms with van der Waals surface area (Å²) in [6.45, 7) is 0.271. The predicted molar refractivity (Wildman–Crippen MR) is 154 cm³/mol. The first kappa shape index (κ1) is 31.0. The zero-order chi connectivity index (χ0) is 32.2. The second kappa shape index (κ2) is 11.2. The molecule has 2 fully saturated rings. The van der Waals surface area contributed by atoms with Crippen molar-refractivity contribution in [1.29, 1.82) is 0 Å². The number of likely N-dealkylation sites (N-methyl/N-ethyl adjacent to an activating group) is 1. The van der Waals surface area contributed by atoms with Gasteiger partial charge < -0.3 is 31.7 Å². The predicted octanol–water partition coefficient (Wildman–Crippen LogP) is -0.882. The summed E-state index contributed by atoms with van der Waals surface area (Å²) in [5.74, 6) is -11.2. The van der Waals surface area contributed by atoms with Gasteiger partial charge in [-0.2, -0.15) is 0 Å². The number of carbonyl (C=O) groups is 6. The van der Waals surface area contributed by atoms with Gasteiger partial charge in [-0.1, -0.05) is 12.1 Å². The number of hydrogen-bond acceptors (Lipinski definition) is 11. The van der Waals surface area contributed by atoms with Gasteiger partial charge in [-0.05, 0) is 67.7 Å². The van der Waals surface area contributed by atoms with E-state index in [1.807, 2.05) is 6.07 Å². The SMILES string of the molecule is COc1ccc(CNCC(N)=O)cc1-c1ccc(O)c2c1C[C@H]1C[C@H]3[C@H](N(C)C)C(=O)C(C(N)=O)C(=O)[C@@]3(O)C(=O)C1C2=O. The summed E-state index contributed by atoms with van der Waals surface area (Å²) in [7, 11) is 4.54. The zero-order valence-corrected chi connectivity index (χ0v) is 24.5. The molecule has 2 unspecified atom stereocenters. The lowest BCUT2D eigenvalue weighted by Crippen LogP contribution is -2.74. The minimum atomic E-state index is -2.79. The number of ether oxygens (including phenoxy) is 1. The molecule has 2 amide bonds. The number of ketones is 4. The number of methoxy groups -OCH3 is 1. The molecule has 3 aliphatic carbocycles. The van der Waals surface area contributed by atoms with Gasteiger partial charge in [-0.15, -0.1) is 0 Å². The van der Waals surface area contributed by atoms with Crippen molar-refractivity contribution in [2.24, 2.45) is 35.1 Å². The van der Waals surface area contributed by atoms with Crippen LogP contribution in [0.3, 0.4) is 0 Å². The quantitative estimate of drug-likeness (QED) is 0.232. The van der Waals surface area contributed by atoms with Crippen molar-refractivity contribution in [3.63, 3.8) is 0 Å². The third-order valence-corrected chi connectivity index (χ3v) is 9.13. The fourth-order valence-corrected chi connectivity index (χ4v) is 7.26. The summed E-state index contributed by atoms with van der Waals surface area (Å²) in [5.41, 5.74) is 10.0. The van der Waals surface area contributed by atoms with E-state index in [2.05, 4.69) is 5.32 Å². The Hall–Kier alpha value is -4.46. The summed E-state index contributed by atoms with van der Waals surface area (Å²) < 4.78 is 5.60. The van der Waals surface area contributed by atoms with Crippen LogP contribution >= 0.6 is 0 Å². The van der Waals surface area contributed by atoms with Gasteiger partial charge in [-0.3, -0.25) is 33.7 Å². The summed E-state index contributed by atoms with van der Waals surface area (Å²) >= 11 is 0. The second-order valence-corrected chi connectivity index (χ2v) is 11.9. The van der Waals surface area contributed by atoms with E-state index in [-0.39, 0.29) is 30.7 Å². The van der Waals surface area contributed by atoms with Gasteiger partial charge in [0.1, 0.15) is 11.5 Å². The van der Waals surface area contributed by atoms with Crippen molar-refractivity contribution in [3.8, 4) is 22.6 Å². The maximum Gasteiger partial charge on any atom is 0.235 e. The van der Waals surface area contributed by atoms with E-state index in [9.17, 15) is 39.0 Å². The van der Waals surface area contributed by atoms with Crippen LogP contribution in [-0.2, 0) is 36.9 Å². The number of benzene rings is 2. The number of rotatable bonds is 8. The lowest BCUT2D eigenvalue weighted by Gasteiger charge is -2.52. The molecule has 3 aliphatic rings. The maximum atomic E-state index is 14.1. The summed E-state index contributed by atoms with van der Waals surface area (Å²) in [6.07, 6.45) is 0.0378. The summed E-state index contributed by atoms with van der Waals surface area (Å²) in [5, 5.41) is 25.6. The normalized spacial score (nSPS) is 27.9. The van der Waals surface area contributed by atoms with E-state index in [0.29, 0.717) is 29.0 Å². The molecule has 13 heteroatoms. The molecular weight excluding hydrogens is 572 g/mol. The number of nitrogens with zero attached hydrogens (tertiary/aromatic N) is 1. The largest absolute Gasteiger partial charge is 0.507 e. The number of nitrogens with two attached hydrogens (primary N) is 2. The van der Waals surface area contributed by atoms with Crippen LogP contribution in [0, 0.1) is 23.7 Å². The van der Waals surface area contributed by atoms with Gasteiger partial charge in [-0.25, -0.2) is 0 Å². The Morgan fingerprint density at radius 1 is 1.07 bits per heavy atom. The van der Waals surface area contributed by atoms with Crippen molar-refractivity contribution >= 4 is 34.9 Å². The molecule has 6 atom stereocenters. The van der Waals surface area contributed by atoms with Gasteiger partial charge in [0.15, 0.2) is 34.7 Å². The van der Waals surface area contributed by atoms with Gasteiger partial charge in [0.05, 0.1) is 31.2 Å². The highest BCUT2D eigenvalue weighted by molar-refractivity contribution is 6.32. The number of amides is 2. The molecule has 0 spiro atoms. The van der Waals surface area contributed by atoms with Gasteiger partial charge in [0, 0.05) is 18.0 Å². The van der Waals surface area contributed by atoms with E-state index in [1.165, 1.54) is 32.2 Å². The Labute approximate surface area is 252 Å². The zero-order valence-electron chi connectivity index (χ0n) is 24.5. The highest BCUT2D eigenvalue weighted by Crippen LogP contribution is 2.52. The summed E-state index contributed by atoms with van der Waals surface area (Å²) in [4.78, 5) is 79.6. The van der Waals surface area contributed by atoms with Crippen LogP contribution in [0.5, 0.6) is 11.5 Å². The van der Waals surface area contributed by atoms with Crippen molar-refractivity contribution in [2.45, 2.75) is 31.0 Å². The molecule has 44 heavy (non-hydrogen) atoms. The molecule has 232 valence electrons. The molecule has 2 aromatic rings. The first-order chi connectivity index (χ1) is 20.7. The molecule has 13 nitrogen and oxygen atoms in total. The van der Waals surface area contributed by atoms with Crippen LogP contribution in [0.15, 0.2) is 30.3 Å². The molecule has 5 rings (SSSR count). The highest BCUT2D eigenvalue weighted by atomic mass is 16.5. The minimum Gasteiger partial charge on any atom is -0.507 e. The number of aliphatic hydroxyl groups is 1. The van der Waals surface area contributed by atoms with E-state index in [0.717, 1.165) is 5.56 Å². The Kier molecular flexibility index (Phi) is 7.91. The molecule has 2 saturated carbocycles. The Morgan fingerprint density at radius 2 is 1.77 bits per heavy atom. The van der Waals surface area contributed by atoms with Gasteiger partial charge in [0.25, 0.3) is 0 Å². The average molecular weight is 607 g/mol. The second-order valence-electron chi connectivity index (χ2n) is 11.9. The Bertz CT molecular complexity index is 1620. The average Bonchev–Trinajstić information content (AvgIpc) is 2.94. The van der Waals surface area contributed by atoms with Gasteiger partial charge in [0.2, 0.25) is 11.8 Å². The van der Waals surface area contributed by atoms with E-state index < -0.39 is 70.3 Å². The van der Waals surface area contributed by atoms with E-state index >= 15 is 0 Å². The smallest absolute Gasteiger partial charge is 0.235 e. The number of phenols is 1. The number of phenolic OH excluding ortho intramolecular Hbond substituents is 1. The lowest BCUT2D eigenvalue weighted by molar-refractivity contribution is -0.181. The first-order valence-corrected chi connectivity index (χ1v) is 14.1. The topological polar surface area (TPSA) is 219 Å². The Morgan fingerprint density at radius 3 is 2.39 bits per heavy atom. The maximum absolute atomic E-state index is 14.1. The van der Waals surface area contributed by atoms with Crippen LogP contribution in [0.2, 0.25) is 0 Å². The lowest BCUT2D eigenvalue weighted by atomic mass is 9.52. The fourth-order valence-electron chi connectivity index (χ4n) is 7.26. The molecule has 0 aliphatic heterocycles. The summed E-state index contributed by atoms with van der Waals surface area (Å²) in [6, 6.07) is 7.10. The van der Waals surface area contributed by atoms with Crippen molar-refractivity contribution in [2.75, 3.05) is 27.7 Å². The molecule has 2 aromatic carbocycles. The highest BCUT2D eigenvalue weighted by Gasteiger charge is 2.69. The Balaban J connectivity index is 1.62. The van der Waals surface area contributed by atoms with Crippen LogP contribution in [0.1, 0.15) is 27.9 Å². The number of carbonyl (C=O) groups excluding carboxylic acids is 6. The molecular formula is C31H34N4O9. The molecule has 0 aromatic heterocycles. The third-order valence-electron chi connectivity index (χ3n) is 9.13. The number of fused-ring (bicyclic) bond motifs is 3. The number of hydrogen-bond donors (Lipinski definition) is 5. The fraction of sp³-hybridized carbons (Fsp3) is 0.419. The monoisotopic (exact) mass is 606 g/mol. The molecule has 0 radical (unpaired) electrons. The molecule has 0 saturated heterocycles. The van der Waals surface area contributed by atoms with Crippen LogP contribution in [0.4, 0.5) is 0 Å². The van der Waals surface area contributed by atoms with Crippen LogP contribution in [-0.4, -0.2) is 89.5 Å². The van der Waals surface area contributed by atoms with E-state index in [4.69, 9.17) is 16.2 Å². The first-order valence-electron chi connectivity index (χ1n) is 14.1. The molecule has 0 heterocycles.